The molecule has 0 saturated heterocycles. The molecule has 2 aromatic rings. The summed E-state index contributed by atoms with van der Waals surface area (Å²) >= 11 is 0. The number of benzene rings is 2. The molecule has 3 rings (SSSR count). The lowest BCUT2D eigenvalue weighted by Gasteiger charge is -2.10. The van der Waals surface area contributed by atoms with Gasteiger partial charge in [-0.2, -0.15) is 0 Å². The average molecular weight is 294 g/mol. The number of ether oxygens (including phenoxy) is 2. The van der Waals surface area contributed by atoms with Crippen molar-refractivity contribution in [3.8, 4) is 0 Å². The molecule has 0 aliphatic heterocycles. The fourth-order valence-corrected chi connectivity index (χ4v) is 2.35. The van der Waals surface area contributed by atoms with Crippen molar-refractivity contribution in [1.82, 2.24) is 0 Å². The summed E-state index contributed by atoms with van der Waals surface area (Å²) in [5.74, 6) is -1.18. The van der Waals surface area contributed by atoms with Gasteiger partial charge >= 0.3 is 12.1 Å². The van der Waals surface area contributed by atoms with Gasteiger partial charge < -0.3 is 9.47 Å². The summed E-state index contributed by atoms with van der Waals surface area (Å²) in [5, 5.41) is 0. The van der Waals surface area contributed by atoms with Gasteiger partial charge in [0, 0.05) is 0 Å². The number of hydrogen-bond acceptors (Lipinski definition) is 4. The van der Waals surface area contributed by atoms with E-state index in [0.717, 1.165) is 16.7 Å². The molecular formula is C18H14O4. The van der Waals surface area contributed by atoms with Gasteiger partial charge in [-0.25, -0.2) is 4.79 Å². The van der Waals surface area contributed by atoms with Crippen molar-refractivity contribution in [2.45, 2.75) is 12.5 Å². The standard InChI is InChI=1S/C18H14O4/c19-17(16-11-10-14-8-4-5-9-15(14)16)22-18(20)21-12-13-6-2-1-3-7-13/h1-11,16H,12H2. The third-order valence-corrected chi connectivity index (χ3v) is 3.44. The van der Waals surface area contributed by atoms with Crippen molar-refractivity contribution in [2.24, 2.45) is 0 Å². The van der Waals surface area contributed by atoms with Gasteiger partial charge in [-0.3, -0.25) is 4.79 Å². The predicted octanol–water partition coefficient (Wildman–Crippen LogP) is 3.68. The summed E-state index contributed by atoms with van der Waals surface area (Å²) in [5.41, 5.74) is 2.63. The number of carbonyl (C=O) groups excluding carboxylic acids is 2. The molecule has 4 heteroatoms. The minimum Gasteiger partial charge on any atom is -0.429 e. The number of rotatable bonds is 3. The van der Waals surface area contributed by atoms with E-state index in [1.807, 2.05) is 60.7 Å². The molecule has 0 radical (unpaired) electrons. The molecule has 0 spiro atoms. The van der Waals surface area contributed by atoms with Crippen molar-refractivity contribution in [3.63, 3.8) is 0 Å². The quantitative estimate of drug-likeness (QED) is 0.640. The van der Waals surface area contributed by atoms with E-state index in [0.29, 0.717) is 0 Å². The molecule has 0 heterocycles. The van der Waals surface area contributed by atoms with Crippen molar-refractivity contribution in [3.05, 3.63) is 77.4 Å². The highest BCUT2D eigenvalue weighted by Gasteiger charge is 2.27. The molecule has 0 amide bonds. The van der Waals surface area contributed by atoms with Gasteiger partial charge in [0.1, 0.15) is 12.5 Å². The lowest BCUT2D eigenvalue weighted by Crippen LogP contribution is -2.18. The summed E-state index contributed by atoms with van der Waals surface area (Å²) in [4.78, 5) is 23.7. The second-order valence-corrected chi connectivity index (χ2v) is 4.91. The molecule has 2 aromatic carbocycles. The molecule has 4 nitrogen and oxygen atoms in total. The summed E-state index contributed by atoms with van der Waals surface area (Å²) < 4.78 is 9.70. The first kappa shape index (κ1) is 14.1. The van der Waals surface area contributed by atoms with Crippen LogP contribution in [0.2, 0.25) is 0 Å². The first-order valence-electron chi connectivity index (χ1n) is 6.93. The van der Waals surface area contributed by atoms with Crippen LogP contribution < -0.4 is 0 Å². The van der Waals surface area contributed by atoms with Gasteiger partial charge in [0.25, 0.3) is 0 Å². The van der Waals surface area contributed by atoms with Crippen LogP contribution in [0.15, 0.2) is 60.7 Å². The van der Waals surface area contributed by atoms with E-state index in [9.17, 15) is 9.59 Å². The zero-order valence-electron chi connectivity index (χ0n) is 11.8. The monoisotopic (exact) mass is 294 g/mol. The van der Waals surface area contributed by atoms with Gasteiger partial charge in [0.2, 0.25) is 0 Å². The van der Waals surface area contributed by atoms with Crippen LogP contribution in [0.4, 0.5) is 4.79 Å². The zero-order valence-corrected chi connectivity index (χ0v) is 11.8. The highest BCUT2D eigenvalue weighted by molar-refractivity contribution is 5.91. The van der Waals surface area contributed by atoms with E-state index in [2.05, 4.69) is 0 Å². The first-order valence-corrected chi connectivity index (χ1v) is 6.93. The van der Waals surface area contributed by atoms with Crippen LogP contribution >= 0.6 is 0 Å². The summed E-state index contributed by atoms with van der Waals surface area (Å²) in [6.07, 6.45) is 2.58. The van der Waals surface area contributed by atoms with Crippen LogP contribution in [0.3, 0.4) is 0 Å². The van der Waals surface area contributed by atoms with E-state index in [1.54, 1.807) is 6.08 Å². The van der Waals surface area contributed by atoms with Crippen LogP contribution in [-0.4, -0.2) is 12.1 Å². The Balaban J connectivity index is 1.56. The Labute approximate surface area is 128 Å². The van der Waals surface area contributed by atoms with Gasteiger partial charge in [-0.15, -0.1) is 0 Å². The molecule has 22 heavy (non-hydrogen) atoms. The van der Waals surface area contributed by atoms with Crippen LogP contribution in [0.1, 0.15) is 22.6 Å². The number of hydrogen-bond donors (Lipinski definition) is 0. The Morgan fingerprint density at radius 2 is 1.68 bits per heavy atom. The Morgan fingerprint density at radius 1 is 0.955 bits per heavy atom. The van der Waals surface area contributed by atoms with E-state index in [-0.39, 0.29) is 6.61 Å². The summed E-state index contributed by atoms with van der Waals surface area (Å²) in [6, 6.07) is 16.7. The minimum atomic E-state index is -0.980. The van der Waals surface area contributed by atoms with Gasteiger partial charge in [-0.05, 0) is 16.7 Å². The van der Waals surface area contributed by atoms with Crippen molar-refractivity contribution in [1.29, 1.82) is 0 Å². The molecular weight excluding hydrogens is 280 g/mol. The van der Waals surface area contributed by atoms with E-state index in [1.165, 1.54) is 0 Å². The molecule has 1 atom stereocenters. The highest BCUT2D eigenvalue weighted by atomic mass is 16.7. The lowest BCUT2D eigenvalue weighted by molar-refractivity contribution is -0.140. The van der Waals surface area contributed by atoms with Crippen LogP contribution in [0, 0.1) is 0 Å². The maximum absolute atomic E-state index is 12.1. The smallest absolute Gasteiger partial charge is 0.429 e. The van der Waals surface area contributed by atoms with Gasteiger partial charge in [-0.1, -0.05) is 66.7 Å². The van der Waals surface area contributed by atoms with Gasteiger partial charge in [0.15, 0.2) is 0 Å². The van der Waals surface area contributed by atoms with E-state index >= 15 is 0 Å². The van der Waals surface area contributed by atoms with E-state index < -0.39 is 18.0 Å². The molecule has 110 valence electrons. The molecule has 0 saturated carbocycles. The SMILES string of the molecule is O=C(OCc1ccccc1)OC(=O)C1C=Cc2ccccc21. The van der Waals surface area contributed by atoms with E-state index in [4.69, 9.17) is 9.47 Å². The fourth-order valence-electron chi connectivity index (χ4n) is 2.35. The fraction of sp³-hybridized carbons (Fsp3) is 0.111. The molecule has 0 bridgehead atoms. The molecule has 0 N–H and O–H groups in total. The van der Waals surface area contributed by atoms with Crippen LogP contribution in [0.5, 0.6) is 0 Å². The minimum absolute atomic E-state index is 0.0735. The maximum atomic E-state index is 12.1. The Kier molecular flexibility index (Phi) is 4.01. The zero-order chi connectivity index (χ0) is 15.4. The average Bonchev–Trinajstić information content (AvgIpc) is 2.98. The van der Waals surface area contributed by atoms with Crippen molar-refractivity contribution >= 4 is 18.2 Å². The second kappa shape index (κ2) is 6.26. The maximum Gasteiger partial charge on any atom is 0.516 e. The largest absolute Gasteiger partial charge is 0.516 e. The highest BCUT2D eigenvalue weighted by Crippen LogP contribution is 2.30. The number of fused-ring (bicyclic) bond motifs is 1. The van der Waals surface area contributed by atoms with Crippen molar-refractivity contribution in [2.75, 3.05) is 0 Å². The molecule has 1 unspecified atom stereocenters. The van der Waals surface area contributed by atoms with Crippen molar-refractivity contribution < 1.29 is 19.1 Å². The van der Waals surface area contributed by atoms with Crippen LogP contribution in [0.25, 0.3) is 6.08 Å². The number of carbonyl (C=O) groups is 2. The summed E-state index contributed by atoms with van der Waals surface area (Å²) in [7, 11) is 0. The molecule has 0 fully saturated rings. The third-order valence-electron chi connectivity index (χ3n) is 3.44. The Morgan fingerprint density at radius 3 is 2.50 bits per heavy atom. The second-order valence-electron chi connectivity index (χ2n) is 4.91. The normalized spacial score (nSPS) is 15.2. The topological polar surface area (TPSA) is 52.6 Å². The Bertz CT molecular complexity index is 719. The number of esters is 1. The third kappa shape index (κ3) is 3.06. The molecule has 1 aliphatic rings. The predicted molar refractivity (Wildman–Crippen MR) is 80.9 cm³/mol. The lowest BCUT2D eigenvalue weighted by atomic mass is 10.0. The van der Waals surface area contributed by atoms with Crippen LogP contribution in [-0.2, 0) is 20.9 Å². The van der Waals surface area contributed by atoms with Gasteiger partial charge in [0.05, 0.1) is 0 Å². The molecule has 0 aromatic heterocycles. The first-order chi connectivity index (χ1) is 10.7. The summed E-state index contributed by atoms with van der Waals surface area (Å²) in [6.45, 7) is 0.0735. The molecule has 1 aliphatic carbocycles. The Hall–Kier alpha value is -2.88.